The van der Waals surface area contributed by atoms with Crippen LogP contribution in [-0.2, 0) is 18.0 Å². The van der Waals surface area contributed by atoms with Crippen molar-refractivity contribution in [3.63, 3.8) is 0 Å². The van der Waals surface area contributed by atoms with Crippen molar-refractivity contribution in [2.45, 2.75) is 27.1 Å². The Balaban J connectivity index is 1.67. The lowest BCUT2D eigenvalue weighted by molar-refractivity contribution is 0.109. The Kier molecular flexibility index (Phi) is 4.25. The molecule has 0 fully saturated rings. The molecule has 124 valence electrons. The minimum atomic E-state index is 0.620. The van der Waals surface area contributed by atoms with Crippen molar-refractivity contribution in [1.82, 2.24) is 0 Å². The van der Waals surface area contributed by atoms with Gasteiger partial charge in [-0.05, 0) is 52.6 Å². The molecule has 0 N–H and O–H groups in total. The molecular formula is C24H22O. The number of hydrogen-bond donors (Lipinski definition) is 0. The Hall–Kier alpha value is -2.64. The first-order chi connectivity index (χ1) is 12.2. The Morgan fingerprint density at radius 1 is 0.640 bits per heavy atom. The molecule has 1 nitrogen and oxygen atoms in total. The predicted octanol–water partition coefficient (Wildman–Crippen LogP) is 6.33. The largest absolute Gasteiger partial charge is 0.372 e. The fourth-order valence-electron chi connectivity index (χ4n) is 3.69. The molecule has 0 radical (unpaired) electrons. The molecule has 0 unspecified atom stereocenters. The SMILES string of the molecule is Cc1cc(C)cc(COCc2c3ccccc3cc3ccccc23)c1. The zero-order valence-electron chi connectivity index (χ0n) is 14.8. The minimum Gasteiger partial charge on any atom is -0.372 e. The quantitative estimate of drug-likeness (QED) is 0.398. The first-order valence-electron chi connectivity index (χ1n) is 8.75. The summed E-state index contributed by atoms with van der Waals surface area (Å²) in [6, 6.07) is 26.0. The Morgan fingerprint density at radius 2 is 1.20 bits per heavy atom. The van der Waals surface area contributed by atoms with E-state index in [0.717, 1.165) is 0 Å². The second-order valence-electron chi connectivity index (χ2n) is 6.79. The number of ether oxygens (including phenoxy) is 1. The van der Waals surface area contributed by atoms with E-state index in [9.17, 15) is 0 Å². The summed E-state index contributed by atoms with van der Waals surface area (Å²) in [5.41, 5.74) is 5.09. The fraction of sp³-hybridized carbons (Fsp3) is 0.167. The van der Waals surface area contributed by atoms with E-state index in [4.69, 9.17) is 4.74 Å². The van der Waals surface area contributed by atoms with E-state index in [1.54, 1.807) is 0 Å². The lowest BCUT2D eigenvalue weighted by Crippen LogP contribution is -1.97. The molecule has 0 heterocycles. The molecule has 0 amide bonds. The third-order valence-electron chi connectivity index (χ3n) is 4.68. The third kappa shape index (κ3) is 3.29. The lowest BCUT2D eigenvalue weighted by Gasteiger charge is -2.13. The normalized spacial score (nSPS) is 11.3. The second kappa shape index (κ2) is 6.70. The first-order valence-corrected chi connectivity index (χ1v) is 8.75. The highest BCUT2D eigenvalue weighted by atomic mass is 16.5. The minimum absolute atomic E-state index is 0.620. The summed E-state index contributed by atoms with van der Waals surface area (Å²) < 4.78 is 6.13. The number of fused-ring (bicyclic) bond motifs is 2. The fourth-order valence-corrected chi connectivity index (χ4v) is 3.69. The number of rotatable bonds is 4. The summed E-state index contributed by atoms with van der Waals surface area (Å²) in [7, 11) is 0. The molecule has 25 heavy (non-hydrogen) atoms. The molecule has 0 aromatic heterocycles. The molecule has 4 aromatic carbocycles. The summed E-state index contributed by atoms with van der Waals surface area (Å²) >= 11 is 0. The molecule has 0 spiro atoms. The highest BCUT2D eigenvalue weighted by Gasteiger charge is 2.08. The van der Waals surface area contributed by atoms with Crippen LogP contribution in [-0.4, -0.2) is 0 Å². The highest BCUT2D eigenvalue weighted by Crippen LogP contribution is 2.29. The van der Waals surface area contributed by atoms with Crippen molar-refractivity contribution in [2.24, 2.45) is 0 Å². The van der Waals surface area contributed by atoms with Crippen LogP contribution in [0.3, 0.4) is 0 Å². The molecule has 0 saturated carbocycles. The highest BCUT2D eigenvalue weighted by molar-refractivity contribution is 6.02. The van der Waals surface area contributed by atoms with Crippen LogP contribution in [0.2, 0.25) is 0 Å². The molecule has 1 heteroatoms. The lowest BCUT2D eigenvalue weighted by atomic mass is 9.97. The zero-order valence-corrected chi connectivity index (χ0v) is 14.8. The maximum Gasteiger partial charge on any atom is 0.0733 e. The molecule has 4 rings (SSSR count). The van der Waals surface area contributed by atoms with Crippen LogP contribution in [0.15, 0.2) is 72.8 Å². The molecule has 0 aliphatic heterocycles. The summed E-state index contributed by atoms with van der Waals surface area (Å²) in [6.45, 7) is 5.53. The van der Waals surface area contributed by atoms with E-state index >= 15 is 0 Å². The van der Waals surface area contributed by atoms with Crippen LogP contribution in [0.4, 0.5) is 0 Å². The summed E-state index contributed by atoms with van der Waals surface area (Å²) in [5, 5.41) is 5.10. The molecule has 0 aliphatic carbocycles. The van der Waals surface area contributed by atoms with Gasteiger partial charge < -0.3 is 4.74 Å². The summed E-state index contributed by atoms with van der Waals surface area (Å²) in [4.78, 5) is 0. The van der Waals surface area contributed by atoms with Gasteiger partial charge in [-0.1, -0.05) is 77.9 Å². The molecule has 0 saturated heterocycles. The van der Waals surface area contributed by atoms with Gasteiger partial charge in [0.1, 0.15) is 0 Å². The van der Waals surface area contributed by atoms with Crippen LogP contribution in [0.25, 0.3) is 21.5 Å². The van der Waals surface area contributed by atoms with Crippen molar-refractivity contribution in [1.29, 1.82) is 0 Å². The maximum absolute atomic E-state index is 6.13. The molecule has 0 atom stereocenters. The van der Waals surface area contributed by atoms with Crippen LogP contribution in [0.1, 0.15) is 22.3 Å². The van der Waals surface area contributed by atoms with E-state index in [-0.39, 0.29) is 0 Å². The average Bonchev–Trinajstić information content (AvgIpc) is 2.60. The van der Waals surface area contributed by atoms with Gasteiger partial charge in [0.05, 0.1) is 13.2 Å². The standard InChI is InChI=1S/C24H22O/c1-17-11-18(2)13-19(12-17)15-25-16-24-22-9-5-3-7-20(22)14-21-8-4-6-10-23(21)24/h3-14H,15-16H2,1-2H3. The van der Waals surface area contributed by atoms with Crippen molar-refractivity contribution in [3.8, 4) is 0 Å². The smallest absolute Gasteiger partial charge is 0.0733 e. The third-order valence-corrected chi connectivity index (χ3v) is 4.68. The summed E-state index contributed by atoms with van der Waals surface area (Å²) in [6.07, 6.45) is 0. The van der Waals surface area contributed by atoms with Crippen LogP contribution in [0, 0.1) is 13.8 Å². The van der Waals surface area contributed by atoms with Crippen molar-refractivity contribution in [3.05, 3.63) is 95.1 Å². The van der Waals surface area contributed by atoms with Crippen molar-refractivity contribution in [2.75, 3.05) is 0 Å². The zero-order chi connectivity index (χ0) is 17.2. The molecule has 0 bridgehead atoms. The summed E-state index contributed by atoms with van der Waals surface area (Å²) in [5.74, 6) is 0. The number of aryl methyl sites for hydroxylation is 2. The van der Waals surface area contributed by atoms with Gasteiger partial charge in [-0.25, -0.2) is 0 Å². The Morgan fingerprint density at radius 3 is 1.80 bits per heavy atom. The van der Waals surface area contributed by atoms with Crippen molar-refractivity contribution >= 4 is 21.5 Å². The van der Waals surface area contributed by atoms with Gasteiger partial charge in [0, 0.05) is 0 Å². The van der Waals surface area contributed by atoms with Gasteiger partial charge in [-0.2, -0.15) is 0 Å². The average molecular weight is 326 g/mol. The van der Waals surface area contributed by atoms with E-state index < -0.39 is 0 Å². The maximum atomic E-state index is 6.13. The molecule has 0 aliphatic rings. The van der Waals surface area contributed by atoms with Crippen molar-refractivity contribution < 1.29 is 4.74 Å². The molecular weight excluding hydrogens is 304 g/mol. The van der Waals surface area contributed by atoms with E-state index in [1.165, 1.54) is 43.8 Å². The molecule has 4 aromatic rings. The van der Waals surface area contributed by atoms with Gasteiger partial charge in [-0.15, -0.1) is 0 Å². The number of hydrogen-bond acceptors (Lipinski definition) is 1. The number of benzene rings is 4. The van der Waals surface area contributed by atoms with Crippen LogP contribution in [0.5, 0.6) is 0 Å². The van der Waals surface area contributed by atoms with Gasteiger partial charge in [-0.3, -0.25) is 0 Å². The topological polar surface area (TPSA) is 9.23 Å². The first kappa shape index (κ1) is 15.9. The van der Waals surface area contributed by atoms with Gasteiger partial charge in [0.2, 0.25) is 0 Å². The van der Waals surface area contributed by atoms with E-state index in [1.807, 2.05) is 0 Å². The van der Waals surface area contributed by atoms with Gasteiger partial charge in [0.25, 0.3) is 0 Å². The van der Waals surface area contributed by atoms with Crippen LogP contribution < -0.4 is 0 Å². The predicted molar refractivity (Wildman–Crippen MR) is 106 cm³/mol. The van der Waals surface area contributed by atoms with E-state index in [2.05, 4.69) is 86.6 Å². The second-order valence-corrected chi connectivity index (χ2v) is 6.79. The Bertz CT molecular complexity index is 972. The van der Waals surface area contributed by atoms with E-state index in [0.29, 0.717) is 13.2 Å². The van der Waals surface area contributed by atoms with Crippen LogP contribution >= 0.6 is 0 Å². The monoisotopic (exact) mass is 326 g/mol. The van der Waals surface area contributed by atoms with Gasteiger partial charge >= 0.3 is 0 Å². The Labute approximate surface area is 148 Å². The van der Waals surface area contributed by atoms with Gasteiger partial charge in [0.15, 0.2) is 0 Å².